The van der Waals surface area contributed by atoms with Crippen LogP contribution in [0.25, 0.3) is 0 Å². The Balaban J connectivity index is 1.69. The summed E-state index contributed by atoms with van der Waals surface area (Å²) < 4.78 is 10.9. The van der Waals surface area contributed by atoms with Gasteiger partial charge in [-0.15, -0.1) is 0 Å². The Morgan fingerprint density at radius 3 is 2.28 bits per heavy atom. The lowest BCUT2D eigenvalue weighted by atomic mass is 9.95. The van der Waals surface area contributed by atoms with E-state index in [0.717, 1.165) is 37.0 Å². The number of carbonyl (C=O) groups is 2. The molecule has 172 valence electrons. The average Bonchev–Trinajstić information content (AvgIpc) is 2.82. The lowest BCUT2D eigenvalue weighted by Gasteiger charge is -2.31. The Bertz CT molecular complexity index is 880. The molecule has 0 bridgehead atoms. The third kappa shape index (κ3) is 6.89. The first-order chi connectivity index (χ1) is 15.5. The Morgan fingerprint density at radius 2 is 1.66 bits per heavy atom. The minimum atomic E-state index is -0.625. The number of rotatable bonds is 9. The van der Waals surface area contributed by atoms with Gasteiger partial charge in [0, 0.05) is 17.6 Å². The summed E-state index contributed by atoms with van der Waals surface area (Å²) in [6.45, 7) is 1.90. The fourth-order valence-corrected chi connectivity index (χ4v) is 3.96. The van der Waals surface area contributed by atoms with E-state index in [2.05, 4.69) is 5.32 Å². The summed E-state index contributed by atoms with van der Waals surface area (Å²) in [5.41, 5.74) is 0.906. The van der Waals surface area contributed by atoms with Crippen LogP contribution in [-0.2, 0) is 16.1 Å². The van der Waals surface area contributed by atoms with E-state index in [-0.39, 0.29) is 24.5 Å². The minimum absolute atomic E-state index is 0.134. The molecule has 6 nitrogen and oxygen atoms in total. The van der Waals surface area contributed by atoms with Crippen LogP contribution in [0, 0.1) is 0 Å². The number of methoxy groups -OCH3 is 1. The molecule has 0 saturated heterocycles. The molecule has 0 radical (unpaired) electrons. The molecule has 32 heavy (non-hydrogen) atoms. The van der Waals surface area contributed by atoms with Gasteiger partial charge in [0.1, 0.15) is 17.5 Å². The number of ether oxygens (including phenoxy) is 2. The number of benzene rings is 2. The Morgan fingerprint density at radius 1 is 1.03 bits per heavy atom. The second-order valence-electron chi connectivity index (χ2n) is 8.13. The van der Waals surface area contributed by atoms with Crippen LogP contribution in [0.3, 0.4) is 0 Å². The van der Waals surface area contributed by atoms with Crippen molar-refractivity contribution in [2.24, 2.45) is 0 Å². The summed E-state index contributed by atoms with van der Waals surface area (Å²) in [7, 11) is 1.61. The first kappa shape index (κ1) is 23.9. The summed E-state index contributed by atoms with van der Waals surface area (Å²) in [5, 5.41) is 3.72. The van der Waals surface area contributed by atoms with Crippen molar-refractivity contribution in [1.29, 1.82) is 0 Å². The van der Waals surface area contributed by atoms with Crippen molar-refractivity contribution in [3.05, 3.63) is 59.1 Å². The zero-order chi connectivity index (χ0) is 22.9. The van der Waals surface area contributed by atoms with Gasteiger partial charge in [-0.2, -0.15) is 0 Å². The first-order valence-corrected chi connectivity index (χ1v) is 11.4. The standard InChI is InChI=1S/C25H31ClN2O4/c1-18(25(30)27-21-6-4-3-5-7-21)28(16-19-8-12-22(31-2)13-9-19)24(29)17-32-23-14-10-20(26)11-15-23/h8-15,18,21H,3-7,16-17H2,1-2H3,(H,27,30). The van der Waals surface area contributed by atoms with Crippen molar-refractivity contribution in [3.8, 4) is 11.5 Å². The molecule has 2 amide bonds. The zero-order valence-electron chi connectivity index (χ0n) is 18.7. The molecular formula is C25H31ClN2O4. The molecule has 2 aromatic rings. The third-order valence-corrected chi connectivity index (χ3v) is 6.06. The minimum Gasteiger partial charge on any atom is -0.497 e. The highest BCUT2D eigenvalue weighted by molar-refractivity contribution is 6.30. The van der Waals surface area contributed by atoms with Crippen LogP contribution >= 0.6 is 11.6 Å². The van der Waals surface area contributed by atoms with Gasteiger partial charge in [-0.1, -0.05) is 43.0 Å². The molecule has 1 N–H and O–H groups in total. The average molecular weight is 459 g/mol. The second kappa shape index (κ2) is 11.8. The maximum Gasteiger partial charge on any atom is 0.261 e. The molecule has 0 aromatic heterocycles. The maximum absolute atomic E-state index is 13.1. The number of carbonyl (C=O) groups excluding carboxylic acids is 2. The second-order valence-corrected chi connectivity index (χ2v) is 8.57. The molecule has 1 aliphatic carbocycles. The maximum atomic E-state index is 13.1. The molecule has 2 aromatic carbocycles. The largest absolute Gasteiger partial charge is 0.497 e. The van der Waals surface area contributed by atoms with Crippen molar-refractivity contribution in [3.63, 3.8) is 0 Å². The first-order valence-electron chi connectivity index (χ1n) is 11.1. The van der Waals surface area contributed by atoms with Gasteiger partial charge in [-0.05, 0) is 61.7 Å². The van der Waals surface area contributed by atoms with Crippen LogP contribution < -0.4 is 14.8 Å². The summed E-state index contributed by atoms with van der Waals surface area (Å²) in [4.78, 5) is 27.7. The number of nitrogens with one attached hydrogen (secondary N) is 1. The van der Waals surface area contributed by atoms with Gasteiger partial charge in [0.05, 0.1) is 7.11 Å². The van der Waals surface area contributed by atoms with Crippen molar-refractivity contribution >= 4 is 23.4 Å². The van der Waals surface area contributed by atoms with E-state index >= 15 is 0 Å². The van der Waals surface area contributed by atoms with Gasteiger partial charge in [0.15, 0.2) is 6.61 Å². The summed E-state index contributed by atoms with van der Waals surface area (Å²) in [6, 6.07) is 13.9. The van der Waals surface area contributed by atoms with Crippen molar-refractivity contribution in [2.45, 2.75) is 57.7 Å². The van der Waals surface area contributed by atoms with E-state index in [4.69, 9.17) is 21.1 Å². The number of halogens is 1. The van der Waals surface area contributed by atoms with E-state index in [9.17, 15) is 9.59 Å². The van der Waals surface area contributed by atoms with Gasteiger partial charge < -0.3 is 19.7 Å². The van der Waals surface area contributed by atoms with Gasteiger partial charge in [-0.3, -0.25) is 9.59 Å². The van der Waals surface area contributed by atoms with Gasteiger partial charge in [0.2, 0.25) is 5.91 Å². The molecule has 0 aliphatic heterocycles. The highest BCUT2D eigenvalue weighted by Gasteiger charge is 2.28. The molecule has 7 heteroatoms. The smallest absolute Gasteiger partial charge is 0.261 e. The molecule has 1 unspecified atom stereocenters. The molecule has 1 saturated carbocycles. The van der Waals surface area contributed by atoms with Crippen LogP contribution in [0.4, 0.5) is 0 Å². The topological polar surface area (TPSA) is 67.9 Å². The predicted molar refractivity (Wildman–Crippen MR) is 125 cm³/mol. The quantitative estimate of drug-likeness (QED) is 0.596. The van der Waals surface area contributed by atoms with E-state index < -0.39 is 6.04 Å². The number of hydrogen-bond acceptors (Lipinski definition) is 4. The summed E-state index contributed by atoms with van der Waals surface area (Å²) in [6.07, 6.45) is 5.45. The number of hydrogen-bond donors (Lipinski definition) is 1. The van der Waals surface area contributed by atoms with Gasteiger partial charge in [0.25, 0.3) is 5.91 Å². The fraction of sp³-hybridized carbons (Fsp3) is 0.440. The van der Waals surface area contributed by atoms with Gasteiger partial charge in [-0.25, -0.2) is 0 Å². The number of amides is 2. The predicted octanol–water partition coefficient (Wildman–Crippen LogP) is 4.59. The van der Waals surface area contributed by atoms with Crippen LogP contribution in [0.15, 0.2) is 48.5 Å². The molecule has 3 rings (SSSR count). The van der Waals surface area contributed by atoms with Gasteiger partial charge >= 0.3 is 0 Å². The monoisotopic (exact) mass is 458 g/mol. The molecular weight excluding hydrogens is 428 g/mol. The van der Waals surface area contributed by atoms with Crippen LogP contribution in [0.5, 0.6) is 11.5 Å². The van der Waals surface area contributed by atoms with E-state index in [1.807, 2.05) is 24.3 Å². The van der Waals surface area contributed by atoms with E-state index in [0.29, 0.717) is 17.3 Å². The Labute approximate surface area is 194 Å². The molecule has 1 atom stereocenters. The van der Waals surface area contributed by atoms with Crippen LogP contribution in [0.1, 0.15) is 44.6 Å². The summed E-state index contributed by atoms with van der Waals surface area (Å²) >= 11 is 5.91. The summed E-state index contributed by atoms with van der Waals surface area (Å²) in [5.74, 6) is 0.888. The highest BCUT2D eigenvalue weighted by atomic mass is 35.5. The number of nitrogens with zero attached hydrogens (tertiary/aromatic N) is 1. The van der Waals surface area contributed by atoms with Crippen molar-refractivity contribution < 1.29 is 19.1 Å². The molecule has 1 aliphatic rings. The van der Waals surface area contributed by atoms with E-state index in [1.54, 1.807) is 43.2 Å². The van der Waals surface area contributed by atoms with Crippen LogP contribution in [-0.4, -0.2) is 42.5 Å². The lowest BCUT2D eigenvalue weighted by molar-refractivity contribution is -0.142. The highest BCUT2D eigenvalue weighted by Crippen LogP contribution is 2.20. The Kier molecular flexibility index (Phi) is 8.80. The molecule has 0 spiro atoms. The van der Waals surface area contributed by atoms with Crippen molar-refractivity contribution in [2.75, 3.05) is 13.7 Å². The molecule has 1 fully saturated rings. The normalized spacial score (nSPS) is 15.0. The lowest BCUT2D eigenvalue weighted by Crippen LogP contribution is -2.51. The van der Waals surface area contributed by atoms with Crippen LogP contribution in [0.2, 0.25) is 5.02 Å². The zero-order valence-corrected chi connectivity index (χ0v) is 19.4. The van der Waals surface area contributed by atoms with Crippen molar-refractivity contribution in [1.82, 2.24) is 10.2 Å². The van der Waals surface area contributed by atoms with E-state index in [1.165, 1.54) is 6.42 Å². The third-order valence-electron chi connectivity index (χ3n) is 5.81. The fourth-order valence-electron chi connectivity index (χ4n) is 3.84. The molecule has 0 heterocycles. The SMILES string of the molecule is COc1ccc(CN(C(=O)COc2ccc(Cl)cc2)C(C)C(=O)NC2CCCCC2)cc1. The Hall–Kier alpha value is -2.73.